The van der Waals surface area contributed by atoms with Crippen LogP contribution in [0.15, 0.2) is 24.4 Å². The van der Waals surface area contributed by atoms with Gasteiger partial charge in [0.25, 0.3) is 0 Å². The number of aromatic amines is 1. The molecule has 5 nitrogen and oxygen atoms in total. The lowest BCUT2D eigenvalue weighted by molar-refractivity contribution is -0.142. The van der Waals surface area contributed by atoms with Crippen LogP contribution in [0.1, 0.15) is 17.5 Å². The van der Waals surface area contributed by atoms with Crippen molar-refractivity contribution < 1.29 is 19.1 Å². The fraction of sp³-hybridized carbons (Fsp3) is 0.333. The number of carbonyl (C=O) groups excluding carboxylic acids is 1. The number of amides is 1. The first-order chi connectivity index (χ1) is 10.0. The van der Waals surface area contributed by atoms with Crippen molar-refractivity contribution in [3.8, 4) is 0 Å². The quantitative estimate of drug-likeness (QED) is 0.761. The second kappa shape index (κ2) is 6.39. The van der Waals surface area contributed by atoms with E-state index in [2.05, 4.69) is 10.3 Å². The summed E-state index contributed by atoms with van der Waals surface area (Å²) in [5.74, 6) is -1.84. The Morgan fingerprint density at radius 2 is 2.19 bits per heavy atom. The minimum absolute atomic E-state index is 0.116. The smallest absolute Gasteiger partial charge is 0.328 e. The van der Waals surface area contributed by atoms with E-state index in [1.807, 2.05) is 31.3 Å². The van der Waals surface area contributed by atoms with Gasteiger partial charge in [-0.15, -0.1) is 0 Å². The van der Waals surface area contributed by atoms with Gasteiger partial charge in [-0.3, -0.25) is 4.79 Å². The number of aryl methyl sites for hydroxylation is 2. The molecule has 0 saturated heterocycles. The fourth-order valence-electron chi connectivity index (χ4n) is 2.25. The van der Waals surface area contributed by atoms with E-state index < -0.39 is 24.6 Å². The number of carboxylic acids is 1. The molecule has 1 aromatic heterocycles. The molecule has 0 fully saturated rings. The Bertz CT molecular complexity index is 666. The van der Waals surface area contributed by atoms with Gasteiger partial charge >= 0.3 is 5.97 Å². The molecule has 6 heteroatoms. The number of aromatic nitrogens is 1. The molecule has 1 aromatic carbocycles. The predicted molar refractivity (Wildman–Crippen MR) is 76.9 cm³/mol. The highest BCUT2D eigenvalue weighted by Crippen LogP contribution is 2.22. The van der Waals surface area contributed by atoms with Crippen LogP contribution in [0.3, 0.4) is 0 Å². The van der Waals surface area contributed by atoms with Crippen molar-refractivity contribution in [2.75, 3.05) is 6.67 Å². The van der Waals surface area contributed by atoms with Crippen LogP contribution >= 0.6 is 0 Å². The number of H-pyrrole nitrogens is 1. The summed E-state index contributed by atoms with van der Waals surface area (Å²) in [5, 5.41) is 11.9. The number of hydrogen-bond acceptors (Lipinski definition) is 2. The predicted octanol–water partition coefficient (Wildman–Crippen LogP) is 1.95. The summed E-state index contributed by atoms with van der Waals surface area (Å²) in [6.45, 7) is 0.876. The fourth-order valence-corrected chi connectivity index (χ4v) is 2.25. The van der Waals surface area contributed by atoms with Crippen molar-refractivity contribution in [1.29, 1.82) is 0 Å². The Hall–Kier alpha value is -2.37. The number of para-hydroxylation sites is 1. The Kier molecular flexibility index (Phi) is 4.57. The van der Waals surface area contributed by atoms with Crippen molar-refractivity contribution >= 4 is 22.8 Å². The highest BCUT2D eigenvalue weighted by molar-refractivity contribution is 5.87. The van der Waals surface area contributed by atoms with Crippen LogP contribution in [0.25, 0.3) is 10.9 Å². The molecule has 0 bridgehead atoms. The number of rotatable bonds is 6. The lowest BCUT2D eigenvalue weighted by atomic mass is 10.1. The third-order valence-electron chi connectivity index (χ3n) is 3.42. The molecule has 1 unspecified atom stereocenters. The Morgan fingerprint density at radius 3 is 2.86 bits per heavy atom. The highest BCUT2D eigenvalue weighted by Gasteiger charge is 2.19. The summed E-state index contributed by atoms with van der Waals surface area (Å²) in [6.07, 6.45) is 2.42. The van der Waals surface area contributed by atoms with E-state index in [0.29, 0.717) is 6.42 Å². The largest absolute Gasteiger partial charge is 0.480 e. The molecular formula is C15H17FN2O3. The number of fused-ring (bicyclic) bond motifs is 1. The zero-order valence-electron chi connectivity index (χ0n) is 11.6. The SMILES string of the molecule is Cc1cccc2c(CCC(=O)NC(CF)C(=O)O)c[nH]c12. The lowest BCUT2D eigenvalue weighted by Crippen LogP contribution is -2.42. The number of alkyl halides is 1. The maximum atomic E-state index is 12.4. The zero-order valence-corrected chi connectivity index (χ0v) is 11.6. The van der Waals surface area contributed by atoms with E-state index in [4.69, 9.17) is 5.11 Å². The number of carboxylic acid groups (broad SMARTS) is 1. The monoisotopic (exact) mass is 292 g/mol. The van der Waals surface area contributed by atoms with Crippen LogP contribution in [0.5, 0.6) is 0 Å². The Morgan fingerprint density at radius 1 is 1.43 bits per heavy atom. The van der Waals surface area contributed by atoms with Crippen molar-refractivity contribution in [2.45, 2.75) is 25.8 Å². The molecule has 2 aromatic rings. The van der Waals surface area contributed by atoms with Crippen LogP contribution < -0.4 is 5.32 Å². The van der Waals surface area contributed by atoms with E-state index in [1.54, 1.807) is 0 Å². The summed E-state index contributed by atoms with van der Waals surface area (Å²) < 4.78 is 12.4. The van der Waals surface area contributed by atoms with E-state index in [9.17, 15) is 14.0 Å². The Balaban J connectivity index is 2.00. The van der Waals surface area contributed by atoms with Gasteiger partial charge in [-0.25, -0.2) is 9.18 Å². The second-order valence-corrected chi connectivity index (χ2v) is 4.92. The molecule has 3 N–H and O–H groups in total. The van der Waals surface area contributed by atoms with Crippen LogP contribution in [0.2, 0.25) is 0 Å². The van der Waals surface area contributed by atoms with Crippen molar-refractivity contribution in [1.82, 2.24) is 10.3 Å². The van der Waals surface area contributed by atoms with E-state index in [-0.39, 0.29) is 6.42 Å². The second-order valence-electron chi connectivity index (χ2n) is 4.92. The number of hydrogen-bond donors (Lipinski definition) is 3. The maximum Gasteiger partial charge on any atom is 0.328 e. The molecule has 112 valence electrons. The first-order valence-electron chi connectivity index (χ1n) is 6.66. The van der Waals surface area contributed by atoms with Crippen molar-refractivity contribution in [3.63, 3.8) is 0 Å². The summed E-state index contributed by atoms with van der Waals surface area (Å²) in [6, 6.07) is 4.43. The number of aliphatic carboxylic acids is 1. The number of nitrogens with one attached hydrogen (secondary N) is 2. The number of halogens is 1. The lowest BCUT2D eigenvalue weighted by Gasteiger charge is -2.10. The molecule has 0 spiro atoms. The average molecular weight is 292 g/mol. The minimum atomic E-state index is -1.47. The van der Waals surface area contributed by atoms with Gasteiger partial charge in [-0.05, 0) is 24.5 Å². The summed E-state index contributed by atoms with van der Waals surface area (Å²) in [5.41, 5.74) is 3.13. The van der Waals surface area contributed by atoms with E-state index in [0.717, 1.165) is 22.0 Å². The molecule has 0 aliphatic rings. The van der Waals surface area contributed by atoms with E-state index in [1.165, 1.54) is 0 Å². The molecule has 0 radical (unpaired) electrons. The van der Waals surface area contributed by atoms with Gasteiger partial charge < -0.3 is 15.4 Å². The van der Waals surface area contributed by atoms with Crippen LogP contribution in [-0.2, 0) is 16.0 Å². The van der Waals surface area contributed by atoms with Gasteiger partial charge in [0.1, 0.15) is 6.67 Å². The summed E-state index contributed by atoms with van der Waals surface area (Å²) in [4.78, 5) is 25.5. The van der Waals surface area contributed by atoms with Gasteiger partial charge in [-0.1, -0.05) is 18.2 Å². The van der Waals surface area contributed by atoms with Gasteiger partial charge in [0, 0.05) is 23.5 Å². The zero-order chi connectivity index (χ0) is 15.4. The molecule has 0 saturated carbocycles. The van der Waals surface area contributed by atoms with Gasteiger partial charge in [0.15, 0.2) is 6.04 Å². The van der Waals surface area contributed by atoms with Gasteiger partial charge in [-0.2, -0.15) is 0 Å². The molecule has 0 aliphatic carbocycles. The maximum absolute atomic E-state index is 12.4. The molecule has 1 amide bonds. The van der Waals surface area contributed by atoms with Gasteiger partial charge in [0.05, 0.1) is 0 Å². The summed E-state index contributed by atoms with van der Waals surface area (Å²) in [7, 11) is 0. The van der Waals surface area contributed by atoms with Crippen LogP contribution in [0, 0.1) is 6.92 Å². The highest BCUT2D eigenvalue weighted by atomic mass is 19.1. The van der Waals surface area contributed by atoms with Gasteiger partial charge in [0.2, 0.25) is 5.91 Å². The third-order valence-corrected chi connectivity index (χ3v) is 3.42. The molecule has 1 heterocycles. The normalized spacial score (nSPS) is 12.3. The summed E-state index contributed by atoms with van der Waals surface area (Å²) >= 11 is 0. The first kappa shape index (κ1) is 15.0. The van der Waals surface area contributed by atoms with Crippen LogP contribution in [-0.4, -0.2) is 34.7 Å². The topological polar surface area (TPSA) is 82.2 Å². The standard InChI is InChI=1S/C15H17FN2O3/c1-9-3-2-4-11-10(8-17-14(9)11)5-6-13(19)18-12(7-16)15(20)21/h2-4,8,12,17H,5-7H2,1H3,(H,18,19)(H,20,21). The van der Waals surface area contributed by atoms with E-state index >= 15 is 0 Å². The molecule has 21 heavy (non-hydrogen) atoms. The molecule has 1 atom stereocenters. The number of carbonyl (C=O) groups is 2. The average Bonchev–Trinajstić information content (AvgIpc) is 2.87. The van der Waals surface area contributed by atoms with Crippen molar-refractivity contribution in [3.05, 3.63) is 35.5 Å². The third kappa shape index (κ3) is 3.39. The van der Waals surface area contributed by atoms with Crippen molar-refractivity contribution in [2.24, 2.45) is 0 Å². The minimum Gasteiger partial charge on any atom is -0.480 e. The van der Waals surface area contributed by atoms with Crippen LogP contribution in [0.4, 0.5) is 4.39 Å². The Labute approximate surface area is 121 Å². The molecule has 2 rings (SSSR count). The molecular weight excluding hydrogens is 275 g/mol. The number of benzene rings is 1. The molecule has 0 aliphatic heterocycles. The first-order valence-corrected chi connectivity index (χ1v) is 6.66.